The SMILES string of the molecule is CC(=O)CC(C)/C=C/c1cccc(Oc2ccccc2)c1. The Balaban J connectivity index is 2.04. The number of ether oxygens (including phenoxy) is 1. The maximum atomic E-state index is 11.1. The predicted octanol–water partition coefficient (Wildman–Crippen LogP) is 5.11. The van der Waals surface area contributed by atoms with E-state index in [0.717, 1.165) is 17.1 Å². The third kappa shape index (κ3) is 5.27. The van der Waals surface area contributed by atoms with Gasteiger partial charge in [-0.1, -0.05) is 49.4 Å². The zero-order valence-corrected chi connectivity index (χ0v) is 12.5. The topological polar surface area (TPSA) is 26.3 Å². The van der Waals surface area contributed by atoms with Crippen LogP contribution >= 0.6 is 0 Å². The van der Waals surface area contributed by atoms with Crippen LogP contribution in [0.15, 0.2) is 60.7 Å². The zero-order chi connectivity index (χ0) is 15.1. The number of Topliss-reactive ketones (excluding diaryl/α,β-unsaturated/α-hetero) is 1. The Hall–Kier alpha value is -2.35. The average molecular weight is 280 g/mol. The number of hydrogen-bond donors (Lipinski definition) is 0. The lowest BCUT2D eigenvalue weighted by Crippen LogP contribution is -1.97. The van der Waals surface area contributed by atoms with Gasteiger partial charge in [0.25, 0.3) is 0 Å². The molecule has 0 bridgehead atoms. The Morgan fingerprint density at radius 2 is 1.81 bits per heavy atom. The highest BCUT2D eigenvalue weighted by atomic mass is 16.5. The number of para-hydroxylation sites is 1. The molecule has 2 aromatic rings. The van der Waals surface area contributed by atoms with Crippen molar-refractivity contribution in [3.8, 4) is 11.5 Å². The Morgan fingerprint density at radius 3 is 2.52 bits per heavy atom. The van der Waals surface area contributed by atoms with Gasteiger partial charge in [0.2, 0.25) is 0 Å². The normalized spacial score (nSPS) is 12.3. The van der Waals surface area contributed by atoms with Crippen LogP contribution in [-0.2, 0) is 4.79 Å². The van der Waals surface area contributed by atoms with E-state index >= 15 is 0 Å². The first-order chi connectivity index (χ1) is 10.1. The highest BCUT2D eigenvalue weighted by Crippen LogP contribution is 2.22. The first kappa shape index (κ1) is 15.0. The van der Waals surface area contributed by atoms with Crippen molar-refractivity contribution < 1.29 is 9.53 Å². The Kier molecular flexibility index (Phi) is 5.33. The first-order valence-corrected chi connectivity index (χ1v) is 7.14. The summed E-state index contributed by atoms with van der Waals surface area (Å²) in [5, 5.41) is 0. The molecule has 2 nitrogen and oxygen atoms in total. The summed E-state index contributed by atoms with van der Waals surface area (Å²) >= 11 is 0. The fourth-order valence-electron chi connectivity index (χ4n) is 2.10. The molecule has 21 heavy (non-hydrogen) atoms. The number of rotatable bonds is 6. The van der Waals surface area contributed by atoms with Crippen LogP contribution in [0.5, 0.6) is 11.5 Å². The lowest BCUT2D eigenvalue weighted by Gasteiger charge is -2.06. The van der Waals surface area contributed by atoms with E-state index in [9.17, 15) is 4.79 Å². The van der Waals surface area contributed by atoms with E-state index in [1.807, 2.05) is 67.6 Å². The van der Waals surface area contributed by atoms with Crippen LogP contribution in [-0.4, -0.2) is 5.78 Å². The molecule has 1 atom stereocenters. The molecule has 1 unspecified atom stereocenters. The molecule has 0 saturated carbocycles. The van der Waals surface area contributed by atoms with E-state index in [-0.39, 0.29) is 11.7 Å². The lowest BCUT2D eigenvalue weighted by molar-refractivity contribution is -0.117. The number of hydrogen-bond acceptors (Lipinski definition) is 2. The van der Waals surface area contributed by atoms with Gasteiger partial charge >= 0.3 is 0 Å². The van der Waals surface area contributed by atoms with Crippen molar-refractivity contribution in [2.24, 2.45) is 5.92 Å². The van der Waals surface area contributed by atoms with E-state index in [1.165, 1.54) is 0 Å². The highest BCUT2D eigenvalue weighted by molar-refractivity contribution is 5.76. The molecule has 2 aromatic carbocycles. The fourth-order valence-corrected chi connectivity index (χ4v) is 2.10. The molecular formula is C19H20O2. The molecule has 0 spiro atoms. The molecule has 0 saturated heterocycles. The highest BCUT2D eigenvalue weighted by Gasteiger charge is 2.01. The van der Waals surface area contributed by atoms with Crippen LogP contribution in [0.1, 0.15) is 25.8 Å². The Labute approximate surface area is 126 Å². The second-order valence-corrected chi connectivity index (χ2v) is 5.23. The van der Waals surface area contributed by atoms with Crippen LogP contribution < -0.4 is 4.74 Å². The molecule has 0 aromatic heterocycles. The smallest absolute Gasteiger partial charge is 0.130 e. The number of allylic oxidation sites excluding steroid dienone is 1. The van der Waals surface area contributed by atoms with Gasteiger partial charge in [-0.15, -0.1) is 0 Å². The molecule has 0 fully saturated rings. The maximum Gasteiger partial charge on any atom is 0.130 e. The van der Waals surface area contributed by atoms with Gasteiger partial charge in [-0.2, -0.15) is 0 Å². The number of benzene rings is 2. The quantitative estimate of drug-likeness (QED) is 0.735. The van der Waals surface area contributed by atoms with Crippen LogP contribution in [0, 0.1) is 5.92 Å². The monoisotopic (exact) mass is 280 g/mol. The van der Waals surface area contributed by atoms with Crippen LogP contribution in [0.2, 0.25) is 0 Å². The van der Waals surface area contributed by atoms with Crippen LogP contribution in [0.4, 0.5) is 0 Å². The van der Waals surface area contributed by atoms with Gasteiger partial charge in [0, 0.05) is 6.42 Å². The maximum absolute atomic E-state index is 11.1. The Morgan fingerprint density at radius 1 is 1.10 bits per heavy atom. The number of ketones is 1. The molecular weight excluding hydrogens is 260 g/mol. The molecule has 0 amide bonds. The molecule has 2 heteroatoms. The molecule has 0 aliphatic carbocycles. The number of carbonyl (C=O) groups excluding carboxylic acids is 1. The molecule has 0 N–H and O–H groups in total. The van der Waals surface area contributed by atoms with Crippen molar-refractivity contribution in [1.29, 1.82) is 0 Å². The van der Waals surface area contributed by atoms with E-state index in [4.69, 9.17) is 4.74 Å². The second kappa shape index (κ2) is 7.44. The van der Waals surface area contributed by atoms with E-state index in [0.29, 0.717) is 6.42 Å². The van der Waals surface area contributed by atoms with Crippen molar-refractivity contribution in [3.05, 3.63) is 66.2 Å². The van der Waals surface area contributed by atoms with Crippen molar-refractivity contribution in [1.82, 2.24) is 0 Å². The largest absolute Gasteiger partial charge is 0.457 e. The molecule has 108 valence electrons. The number of carbonyl (C=O) groups is 1. The Bertz CT molecular complexity index is 614. The zero-order valence-electron chi connectivity index (χ0n) is 12.5. The summed E-state index contributed by atoms with van der Waals surface area (Å²) in [6, 6.07) is 17.6. The van der Waals surface area contributed by atoms with Gasteiger partial charge in [0.05, 0.1) is 0 Å². The van der Waals surface area contributed by atoms with E-state index in [1.54, 1.807) is 6.92 Å². The van der Waals surface area contributed by atoms with E-state index < -0.39 is 0 Å². The van der Waals surface area contributed by atoms with Crippen molar-refractivity contribution in [3.63, 3.8) is 0 Å². The van der Waals surface area contributed by atoms with Crippen molar-refractivity contribution in [2.45, 2.75) is 20.3 Å². The van der Waals surface area contributed by atoms with E-state index in [2.05, 4.69) is 6.08 Å². The van der Waals surface area contributed by atoms with Crippen molar-refractivity contribution >= 4 is 11.9 Å². The minimum atomic E-state index is 0.216. The molecule has 2 rings (SSSR count). The van der Waals surface area contributed by atoms with Gasteiger partial charge in [0.15, 0.2) is 0 Å². The molecule has 0 radical (unpaired) electrons. The first-order valence-electron chi connectivity index (χ1n) is 7.14. The second-order valence-electron chi connectivity index (χ2n) is 5.23. The summed E-state index contributed by atoms with van der Waals surface area (Å²) in [6.45, 7) is 3.67. The fraction of sp³-hybridized carbons (Fsp3) is 0.211. The minimum absolute atomic E-state index is 0.216. The third-order valence-corrected chi connectivity index (χ3v) is 3.06. The standard InChI is InChI=1S/C19H20O2/c1-15(13-16(2)20)11-12-17-7-6-10-19(14-17)21-18-8-4-3-5-9-18/h3-12,14-15H,13H2,1-2H3/b12-11+. The summed E-state index contributed by atoms with van der Waals surface area (Å²) in [5.41, 5.74) is 1.07. The van der Waals surface area contributed by atoms with Gasteiger partial charge in [-0.3, -0.25) is 0 Å². The summed E-state index contributed by atoms with van der Waals surface area (Å²) < 4.78 is 5.80. The van der Waals surface area contributed by atoms with Crippen molar-refractivity contribution in [2.75, 3.05) is 0 Å². The third-order valence-electron chi connectivity index (χ3n) is 3.06. The summed E-state index contributed by atoms with van der Waals surface area (Å²) in [5.74, 6) is 2.10. The molecule has 0 aliphatic rings. The van der Waals surface area contributed by atoms with Crippen LogP contribution in [0.3, 0.4) is 0 Å². The van der Waals surface area contributed by atoms with Gasteiger partial charge in [-0.25, -0.2) is 0 Å². The molecule has 0 heterocycles. The van der Waals surface area contributed by atoms with Gasteiger partial charge in [0.1, 0.15) is 17.3 Å². The summed E-state index contributed by atoms with van der Waals surface area (Å²) in [7, 11) is 0. The van der Waals surface area contributed by atoms with Crippen LogP contribution in [0.25, 0.3) is 6.08 Å². The predicted molar refractivity (Wildman–Crippen MR) is 86.5 cm³/mol. The van der Waals surface area contributed by atoms with Gasteiger partial charge < -0.3 is 9.53 Å². The minimum Gasteiger partial charge on any atom is -0.457 e. The summed E-state index contributed by atoms with van der Waals surface area (Å²) in [4.78, 5) is 11.1. The molecule has 0 aliphatic heterocycles. The average Bonchev–Trinajstić information content (AvgIpc) is 2.46. The van der Waals surface area contributed by atoms with Gasteiger partial charge in [-0.05, 0) is 42.7 Å². The summed E-state index contributed by atoms with van der Waals surface area (Å²) in [6.07, 6.45) is 4.67. The lowest BCUT2D eigenvalue weighted by atomic mass is 10.0.